The Balaban J connectivity index is 1.56. The summed E-state index contributed by atoms with van der Waals surface area (Å²) < 4.78 is 31.3. The molecule has 1 aromatic rings. The van der Waals surface area contributed by atoms with E-state index < -0.39 is 55.2 Å². The number of esters is 1. The number of aliphatic hydroxyl groups excluding tert-OH is 4. The van der Waals surface area contributed by atoms with Crippen molar-refractivity contribution in [3.8, 4) is 11.5 Å². The zero-order valence-corrected chi connectivity index (χ0v) is 18.0. The van der Waals surface area contributed by atoms with E-state index in [9.17, 15) is 30.3 Å². The highest BCUT2D eigenvalue weighted by atomic mass is 16.7. The van der Waals surface area contributed by atoms with Gasteiger partial charge in [-0.05, 0) is 23.8 Å². The van der Waals surface area contributed by atoms with Gasteiger partial charge in [0, 0.05) is 13.2 Å². The van der Waals surface area contributed by atoms with E-state index >= 15 is 0 Å². The van der Waals surface area contributed by atoms with E-state index in [1.165, 1.54) is 32.4 Å². The lowest BCUT2D eigenvalue weighted by molar-refractivity contribution is -0.299. The maximum Gasteiger partial charge on any atom is 0.330 e. The molecule has 12 heteroatoms. The Morgan fingerprint density at radius 2 is 1.91 bits per heavy atom. The van der Waals surface area contributed by atoms with Crippen molar-refractivity contribution in [3.05, 3.63) is 29.8 Å². The van der Waals surface area contributed by atoms with Crippen LogP contribution >= 0.6 is 0 Å². The summed E-state index contributed by atoms with van der Waals surface area (Å²) >= 11 is 0. The van der Waals surface area contributed by atoms with Crippen molar-refractivity contribution in [2.45, 2.75) is 49.2 Å². The number of aromatic hydroxyl groups is 1. The summed E-state index contributed by atoms with van der Waals surface area (Å²) in [5, 5.41) is 49.7. The fourth-order valence-corrected chi connectivity index (χ4v) is 3.48. The number of phenols is 1. The molecule has 33 heavy (non-hydrogen) atoms. The van der Waals surface area contributed by atoms with Gasteiger partial charge in [0.1, 0.15) is 43.2 Å². The maximum absolute atomic E-state index is 12.1. The number of rotatable bonds is 8. The Kier molecular flexibility index (Phi) is 8.62. The van der Waals surface area contributed by atoms with Crippen molar-refractivity contribution in [1.82, 2.24) is 0 Å². The normalized spacial score (nSPS) is 34.5. The van der Waals surface area contributed by atoms with Crippen molar-refractivity contribution < 1.29 is 58.7 Å². The van der Waals surface area contributed by atoms with Gasteiger partial charge >= 0.3 is 5.97 Å². The molecule has 2 fully saturated rings. The number of carbonyl (C=O) groups excluding carboxylic acids is 1. The van der Waals surface area contributed by atoms with E-state index in [4.69, 9.17) is 28.4 Å². The van der Waals surface area contributed by atoms with Gasteiger partial charge in [0.05, 0.1) is 13.7 Å². The van der Waals surface area contributed by atoms with Gasteiger partial charge in [0.15, 0.2) is 24.1 Å². The molecule has 2 saturated heterocycles. The zero-order valence-electron chi connectivity index (χ0n) is 18.0. The molecule has 5 N–H and O–H groups in total. The molecule has 2 aliphatic rings. The first-order valence-electron chi connectivity index (χ1n) is 10.1. The Bertz CT molecular complexity index is 829. The van der Waals surface area contributed by atoms with Crippen LogP contribution in [0.4, 0.5) is 0 Å². The van der Waals surface area contributed by atoms with Crippen molar-refractivity contribution in [2.24, 2.45) is 0 Å². The largest absolute Gasteiger partial charge is 0.504 e. The van der Waals surface area contributed by atoms with Crippen molar-refractivity contribution in [3.63, 3.8) is 0 Å². The molecular weight excluding hydrogens is 444 g/mol. The summed E-state index contributed by atoms with van der Waals surface area (Å²) in [4.78, 5) is 12.1. The Morgan fingerprint density at radius 1 is 1.15 bits per heavy atom. The van der Waals surface area contributed by atoms with Crippen LogP contribution in [0.25, 0.3) is 6.08 Å². The van der Waals surface area contributed by atoms with Crippen LogP contribution in [0.2, 0.25) is 0 Å². The molecule has 184 valence electrons. The van der Waals surface area contributed by atoms with Crippen LogP contribution in [0.1, 0.15) is 5.56 Å². The molecule has 8 atom stereocenters. The van der Waals surface area contributed by atoms with Gasteiger partial charge in [-0.1, -0.05) is 6.07 Å². The predicted molar refractivity (Wildman–Crippen MR) is 109 cm³/mol. The fraction of sp³-hybridized carbons (Fsp3) is 0.571. The highest BCUT2D eigenvalue weighted by molar-refractivity contribution is 5.87. The Hall–Kier alpha value is -2.29. The number of methoxy groups -OCH3 is 2. The maximum atomic E-state index is 12.1. The van der Waals surface area contributed by atoms with E-state index in [2.05, 4.69) is 0 Å². The van der Waals surface area contributed by atoms with Crippen LogP contribution < -0.4 is 4.74 Å². The molecule has 2 heterocycles. The molecule has 3 rings (SSSR count). The molecule has 1 aromatic carbocycles. The van der Waals surface area contributed by atoms with Crippen LogP contribution in [0, 0.1) is 0 Å². The van der Waals surface area contributed by atoms with E-state index in [1.54, 1.807) is 6.07 Å². The van der Waals surface area contributed by atoms with Crippen LogP contribution in [0.5, 0.6) is 11.5 Å². The highest BCUT2D eigenvalue weighted by Gasteiger charge is 2.49. The molecule has 8 unspecified atom stereocenters. The second-order valence-electron chi connectivity index (χ2n) is 7.51. The topological polar surface area (TPSA) is 174 Å². The van der Waals surface area contributed by atoms with Crippen molar-refractivity contribution in [1.29, 1.82) is 0 Å². The monoisotopic (exact) mass is 472 g/mol. The van der Waals surface area contributed by atoms with E-state index in [-0.39, 0.29) is 24.7 Å². The van der Waals surface area contributed by atoms with Gasteiger partial charge in [-0.15, -0.1) is 0 Å². The second kappa shape index (κ2) is 11.2. The number of aliphatic hydroxyl groups is 4. The predicted octanol–water partition coefficient (Wildman–Crippen LogP) is -1.49. The van der Waals surface area contributed by atoms with E-state index in [0.29, 0.717) is 5.56 Å². The standard InChI is InChI=1S/C21H28O12/c1-28-13-7-10(3-5-11(13)22)4-6-15(24)30-9-14-16(25)19(29-2)21(32-14)33-18-12(23)8-31-20(27)17(18)26/h3-7,12,14,16-23,25-27H,8-9H2,1-2H3/b6-4+. The van der Waals surface area contributed by atoms with E-state index in [0.717, 1.165) is 6.08 Å². The minimum absolute atomic E-state index is 0.0376. The third-order valence-electron chi connectivity index (χ3n) is 5.31. The van der Waals surface area contributed by atoms with Crippen LogP contribution in [0.15, 0.2) is 24.3 Å². The number of benzene rings is 1. The second-order valence-corrected chi connectivity index (χ2v) is 7.51. The number of ether oxygens (including phenoxy) is 6. The third-order valence-corrected chi connectivity index (χ3v) is 5.31. The lowest BCUT2D eigenvalue weighted by Crippen LogP contribution is -2.56. The van der Waals surface area contributed by atoms with Gasteiger partial charge in [-0.3, -0.25) is 0 Å². The minimum Gasteiger partial charge on any atom is -0.504 e. The summed E-state index contributed by atoms with van der Waals surface area (Å²) in [6, 6.07) is 4.53. The molecule has 12 nitrogen and oxygen atoms in total. The highest BCUT2D eigenvalue weighted by Crippen LogP contribution is 2.29. The molecule has 0 bridgehead atoms. The lowest BCUT2D eigenvalue weighted by atomic mass is 10.0. The van der Waals surface area contributed by atoms with E-state index in [1.807, 2.05) is 0 Å². The first-order chi connectivity index (χ1) is 15.7. The number of phenolic OH excluding ortho intramolecular Hbond substituents is 1. The Labute approximate surface area is 189 Å². The number of hydrogen-bond donors (Lipinski definition) is 5. The number of hydrogen-bond acceptors (Lipinski definition) is 12. The van der Waals surface area contributed by atoms with Crippen LogP contribution in [-0.4, -0.2) is 108 Å². The van der Waals surface area contributed by atoms with Crippen LogP contribution in [0.3, 0.4) is 0 Å². The van der Waals surface area contributed by atoms with Crippen LogP contribution in [-0.2, 0) is 28.5 Å². The van der Waals surface area contributed by atoms with Gasteiger partial charge in [0.2, 0.25) is 0 Å². The zero-order chi connectivity index (χ0) is 24.1. The summed E-state index contributed by atoms with van der Waals surface area (Å²) in [7, 11) is 2.71. The van der Waals surface area contributed by atoms with Gasteiger partial charge in [0.25, 0.3) is 0 Å². The summed E-state index contributed by atoms with van der Waals surface area (Å²) in [5.74, 6) is -0.504. The average Bonchev–Trinajstić information content (AvgIpc) is 3.11. The lowest BCUT2D eigenvalue weighted by Gasteiger charge is -2.37. The van der Waals surface area contributed by atoms with Crippen molar-refractivity contribution >= 4 is 12.0 Å². The molecule has 0 amide bonds. The van der Waals surface area contributed by atoms with Gasteiger partial charge < -0.3 is 54.0 Å². The molecule has 0 saturated carbocycles. The quantitative estimate of drug-likeness (QED) is 0.219. The minimum atomic E-state index is -1.55. The summed E-state index contributed by atoms with van der Waals surface area (Å²) in [6.07, 6.45) is -7.46. The smallest absolute Gasteiger partial charge is 0.330 e. The molecule has 0 spiro atoms. The first kappa shape index (κ1) is 25.3. The number of carbonyl (C=O) groups is 1. The first-order valence-corrected chi connectivity index (χ1v) is 10.1. The Morgan fingerprint density at radius 3 is 2.61 bits per heavy atom. The van der Waals surface area contributed by atoms with Gasteiger partial charge in [-0.2, -0.15) is 0 Å². The molecule has 0 aliphatic carbocycles. The van der Waals surface area contributed by atoms with Gasteiger partial charge in [-0.25, -0.2) is 4.79 Å². The van der Waals surface area contributed by atoms with Crippen molar-refractivity contribution in [2.75, 3.05) is 27.4 Å². The average molecular weight is 472 g/mol. The summed E-state index contributed by atoms with van der Waals surface area (Å²) in [6.45, 7) is -0.597. The molecule has 0 radical (unpaired) electrons. The SMILES string of the molecule is COc1cc(/C=C/C(=O)OCC2OC(OC3C(O)COC(O)C3O)C(OC)C2O)ccc1O. The molecule has 2 aliphatic heterocycles. The third kappa shape index (κ3) is 5.99. The summed E-state index contributed by atoms with van der Waals surface area (Å²) in [5.41, 5.74) is 0.586. The molecular formula is C21H28O12. The molecule has 0 aromatic heterocycles. The fourth-order valence-electron chi connectivity index (χ4n) is 3.48.